The number of halogens is 1. The monoisotopic (exact) mass is 249 g/mol. The van der Waals surface area contributed by atoms with Gasteiger partial charge in [-0.15, -0.1) is 0 Å². The molecule has 0 aromatic carbocycles. The van der Waals surface area contributed by atoms with Crippen LogP contribution in [0.1, 0.15) is 19.5 Å². The molecule has 4 heteroatoms. The molecule has 0 aliphatic rings. The Morgan fingerprint density at radius 1 is 1.35 bits per heavy atom. The molecule has 2 aromatic rings. The largest absolute Gasteiger partial charge is 0.272 e. The van der Waals surface area contributed by atoms with Crippen molar-refractivity contribution in [2.75, 3.05) is 0 Å². The molecule has 17 heavy (non-hydrogen) atoms. The molecule has 0 atom stereocenters. The van der Waals surface area contributed by atoms with Crippen molar-refractivity contribution in [3.63, 3.8) is 0 Å². The third-order valence-corrected chi connectivity index (χ3v) is 2.77. The van der Waals surface area contributed by atoms with Crippen LogP contribution in [0.3, 0.4) is 0 Å². The van der Waals surface area contributed by atoms with Crippen LogP contribution in [0.25, 0.3) is 11.1 Å². The van der Waals surface area contributed by atoms with Gasteiger partial charge in [0.1, 0.15) is 5.15 Å². The van der Waals surface area contributed by atoms with Gasteiger partial charge < -0.3 is 0 Å². The van der Waals surface area contributed by atoms with Crippen LogP contribution >= 0.6 is 11.6 Å². The molecule has 0 radical (unpaired) electrons. The van der Waals surface area contributed by atoms with Crippen molar-refractivity contribution >= 4 is 11.6 Å². The zero-order valence-electron chi connectivity index (χ0n) is 10.3. The van der Waals surface area contributed by atoms with E-state index in [1.165, 1.54) is 0 Å². The Bertz CT molecular complexity index is 517. The lowest BCUT2D eigenvalue weighted by Gasteiger charge is -2.04. The van der Waals surface area contributed by atoms with Crippen molar-refractivity contribution in [3.8, 4) is 11.1 Å². The number of aromatic nitrogens is 3. The van der Waals surface area contributed by atoms with Crippen LogP contribution in [0.5, 0.6) is 0 Å². The van der Waals surface area contributed by atoms with Crippen LogP contribution in [-0.4, -0.2) is 14.8 Å². The summed E-state index contributed by atoms with van der Waals surface area (Å²) in [7, 11) is 0. The summed E-state index contributed by atoms with van der Waals surface area (Å²) >= 11 is 6.13. The molecule has 2 aromatic heterocycles. The molecule has 0 spiro atoms. The van der Waals surface area contributed by atoms with Gasteiger partial charge in [-0.2, -0.15) is 5.10 Å². The van der Waals surface area contributed by atoms with Crippen LogP contribution in [0.15, 0.2) is 24.5 Å². The minimum atomic E-state index is 0.536. The summed E-state index contributed by atoms with van der Waals surface area (Å²) in [6.45, 7) is 7.18. The third-order valence-electron chi connectivity index (χ3n) is 2.48. The zero-order chi connectivity index (χ0) is 12.4. The lowest BCUT2D eigenvalue weighted by Crippen LogP contribution is -2.03. The second-order valence-corrected chi connectivity index (χ2v) is 4.99. The SMILES string of the molecule is Cc1ccc(-c2cnn(CC(C)C)c2)c(Cl)n1. The molecule has 0 saturated heterocycles. The maximum Gasteiger partial charge on any atom is 0.137 e. The quantitative estimate of drug-likeness (QED) is 0.779. The highest BCUT2D eigenvalue weighted by Gasteiger charge is 2.08. The molecule has 2 rings (SSSR count). The normalized spacial score (nSPS) is 11.1. The van der Waals surface area contributed by atoms with Gasteiger partial charge in [-0.3, -0.25) is 4.68 Å². The highest BCUT2D eigenvalue weighted by atomic mass is 35.5. The molecule has 0 N–H and O–H groups in total. The van der Waals surface area contributed by atoms with Gasteiger partial charge in [0.15, 0.2) is 0 Å². The summed E-state index contributed by atoms with van der Waals surface area (Å²) in [6, 6.07) is 3.95. The molecule has 0 unspecified atom stereocenters. The molecule has 0 amide bonds. The number of hydrogen-bond donors (Lipinski definition) is 0. The Morgan fingerprint density at radius 3 is 2.76 bits per heavy atom. The van der Waals surface area contributed by atoms with Gasteiger partial charge in [0.2, 0.25) is 0 Å². The van der Waals surface area contributed by atoms with Gasteiger partial charge in [0.05, 0.1) is 6.20 Å². The number of hydrogen-bond acceptors (Lipinski definition) is 2. The average molecular weight is 250 g/mol. The van der Waals surface area contributed by atoms with E-state index in [-0.39, 0.29) is 0 Å². The Labute approximate surface area is 106 Å². The Kier molecular flexibility index (Phi) is 3.48. The number of rotatable bonds is 3. The second-order valence-electron chi connectivity index (χ2n) is 4.64. The fourth-order valence-electron chi connectivity index (χ4n) is 1.72. The fourth-order valence-corrected chi connectivity index (χ4v) is 2.02. The summed E-state index contributed by atoms with van der Waals surface area (Å²) in [6.07, 6.45) is 3.85. The van der Waals surface area contributed by atoms with Gasteiger partial charge in [0, 0.05) is 29.6 Å². The maximum absolute atomic E-state index is 6.13. The standard InChI is InChI=1S/C13H16ClN3/c1-9(2)7-17-8-11(6-15-17)12-5-4-10(3)16-13(12)14/h4-6,8-9H,7H2,1-3H3. The first-order valence-electron chi connectivity index (χ1n) is 5.72. The molecule has 3 nitrogen and oxygen atoms in total. The summed E-state index contributed by atoms with van der Waals surface area (Å²) in [5.41, 5.74) is 2.88. The molecule has 90 valence electrons. The minimum Gasteiger partial charge on any atom is -0.272 e. The predicted molar refractivity (Wildman–Crippen MR) is 70.0 cm³/mol. The first-order valence-corrected chi connectivity index (χ1v) is 6.10. The van der Waals surface area contributed by atoms with E-state index in [0.29, 0.717) is 11.1 Å². The number of pyridine rings is 1. The average Bonchev–Trinajstić information content (AvgIpc) is 2.65. The van der Waals surface area contributed by atoms with Gasteiger partial charge in [-0.1, -0.05) is 25.4 Å². The van der Waals surface area contributed by atoms with E-state index in [0.717, 1.165) is 23.4 Å². The Balaban J connectivity index is 2.30. The Hall–Kier alpha value is -1.35. The molecule has 0 fully saturated rings. The Morgan fingerprint density at radius 2 is 2.12 bits per heavy atom. The molecule has 2 heterocycles. The smallest absolute Gasteiger partial charge is 0.137 e. The van der Waals surface area contributed by atoms with E-state index in [1.807, 2.05) is 36.1 Å². The van der Waals surface area contributed by atoms with Crippen molar-refractivity contribution in [3.05, 3.63) is 35.4 Å². The lowest BCUT2D eigenvalue weighted by atomic mass is 10.1. The first kappa shape index (κ1) is 12.1. The van der Waals surface area contributed by atoms with Crippen LogP contribution < -0.4 is 0 Å². The molecular weight excluding hydrogens is 234 g/mol. The van der Waals surface area contributed by atoms with E-state index < -0.39 is 0 Å². The molecular formula is C13H16ClN3. The topological polar surface area (TPSA) is 30.7 Å². The van der Waals surface area contributed by atoms with E-state index in [2.05, 4.69) is 23.9 Å². The fraction of sp³-hybridized carbons (Fsp3) is 0.385. The first-order chi connectivity index (χ1) is 8.06. The summed E-state index contributed by atoms with van der Waals surface area (Å²) in [4.78, 5) is 4.25. The van der Waals surface area contributed by atoms with E-state index in [1.54, 1.807) is 0 Å². The molecule has 0 bridgehead atoms. The van der Waals surface area contributed by atoms with Crippen LogP contribution in [0.4, 0.5) is 0 Å². The third kappa shape index (κ3) is 2.86. The maximum atomic E-state index is 6.13. The second kappa shape index (κ2) is 4.88. The van der Waals surface area contributed by atoms with Crippen molar-refractivity contribution in [1.82, 2.24) is 14.8 Å². The van der Waals surface area contributed by atoms with Crippen LogP contribution in [-0.2, 0) is 6.54 Å². The van der Waals surface area contributed by atoms with Crippen LogP contribution in [0.2, 0.25) is 5.15 Å². The van der Waals surface area contributed by atoms with Crippen molar-refractivity contribution in [2.24, 2.45) is 5.92 Å². The molecule has 0 saturated carbocycles. The number of aryl methyl sites for hydroxylation is 1. The molecule has 0 aliphatic heterocycles. The van der Waals surface area contributed by atoms with Gasteiger partial charge in [-0.05, 0) is 25.0 Å². The van der Waals surface area contributed by atoms with Crippen LogP contribution in [0, 0.1) is 12.8 Å². The van der Waals surface area contributed by atoms with E-state index >= 15 is 0 Å². The summed E-state index contributed by atoms with van der Waals surface area (Å²) in [5.74, 6) is 0.578. The van der Waals surface area contributed by atoms with E-state index in [4.69, 9.17) is 11.6 Å². The van der Waals surface area contributed by atoms with E-state index in [9.17, 15) is 0 Å². The predicted octanol–water partition coefficient (Wildman–Crippen LogP) is 3.56. The highest BCUT2D eigenvalue weighted by Crippen LogP contribution is 2.26. The van der Waals surface area contributed by atoms with Gasteiger partial charge in [0.25, 0.3) is 0 Å². The highest BCUT2D eigenvalue weighted by molar-refractivity contribution is 6.32. The summed E-state index contributed by atoms with van der Waals surface area (Å²) in [5, 5.41) is 4.86. The van der Waals surface area contributed by atoms with Crippen molar-refractivity contribution in [2.45, 2.75) is 27.3 Å². The lowest BCUT2D eigenvalue weighted by molar-refractivity contribution is 0.483. The minimum absolute atomic E-state index is 0.536. The van der Waals surface area contributed by atoms with Crippen molar-refractivity contribution < 1.29 is 0 Å². The van der Waals surface area contributed by atoms with Gasteiger partial charge in [-0.25, -0.2) is 4.98 Å². The summed E-state index contributed by atoms with van der Waals surface area (Å²) < 4.78 is 1.94. The molecule has 0 aliphatic carbocycles. The number of nitrogens with zero attached hydrogens (tertiary/aromatic N) is 3. The van der Waals surface area contributed by atoms with Gasteiger partial charge >= 0.3 is 0 Å². The zero-order valence-corrected chi connectivity index (χ0v) is 11.1. The van der Waals surface area contributed by atoms with Crippen molar-refractivity contribution in [1.29, 1.82) is 0 Å².